The first-order chi connectivity index (χ1) is 10.7. The number of nitrogens with zero attached hydrogens (tertiary/aromatic N) is 4. The van der Waals surface area contributed by atoms with Gasteiger partial charge in [0.2, 0.25) is 5.95 Å². The highest BCUT2D eigenvalue weighted by molar-refractivity contribution is 5.41. The van der Waals surface area contributed by atoms with Gasteiger partial charge in [0.15, 0.2) is 0 Å². The predicted molar refractivity (Wildman–Crippen MR) is 86.2 cm³/mol. The molecule has 1 N–H and O–H groups in total. The number of aryl methyl sites for hydroxylation is 2. The Kier molecular flexibility index (Phi) is 4.20. The predicted octanol–water partition coefficient (Wildman–Crippen LogP) is 2.11. The van der Waals surface area contributed by atoms with Gasteiger partial charge in [-0.15, -0.1) is 0 Å². The molecule has 2 aromatic rings. The summed E-state index contributed by atoms with van der Waals surface area (Å²) in [5, 5.41) is 3.07. The normalized spacial score (nSPS) is 18.3. The average Bonchev–Trinajstić information content (AvgIpc) is 2.54. The highest BCUT2D eigenvalue weighted by atomic mass is 16.5. The number of morpholine rings is 1. The molecular weight excluding hydrogens is 278 g/mol. The molecule has 0 saturated carbocycles. The topological polar surface area (TPSA) is 63.2 Å². The van der Waals surface area contributed by atoms with Crippen molar-refractivity contribution < 1.29 is 4.74 Å². The van der Waals surface area contributed by atoms with Crippen LogP contribution in [0.4, 0.5) is 11.6 Å². The number of hydrogen-bond donors (Lipinski definition) is 1. The largest absolute Gasteiger partial charge is 0.387 e. The van der Waals surface area contributed by atoms with Crippen LogP contribution in [0.5, 0.6) is 0 Å². The van der Waals surface area contributed by atoms with Crippen molar-refractivity contribution in [3.8, 4) is 0 Å². The Labute approximate surface area is 130 Å². The van der Waals surface area contributed by atoms with Crippen LogP contribution < -0.4 is 10.2 Å². The number of anilines is 2. The molecule has 1 atom stereocenters. The van der Waals surface area contributed by atoms with Crippen LogP contribution in [-0.4, -0.2) is 41.7 Å². The summed E-state index contributed by atoms with van der Waals surface area (Å²) in [7, 11) is 1.88. The summed E-state index contributed by atoms with van der Waals surface area (Å²) in [4.78, 5) is 15.7. The van der Waals surface area contributed by atoms with E-state index in [9.17, 15) is 0 Å². The molecular formula is C16H21N5O. The molecule has 1 aliphatic heterocycles. The third kappa shape index (κ3) is 3.17. The summed E-state index contributed by atoms with van der Waals surface area (Å²) in [6.07, 6.45) is 1.77. The monoisotopic (exact) mass is 299 g/mol. The molecule has 1 fully saturated rings. The van der Waals surface area contributed by atoms with Crippen molar-refractivity contribution in [1.82, 2.24) is 15.0 Å². The van der Waals surface area contributed by atoms with Crippen LogP contribution in [0.15, 0.2) is 24.4 Å². The van der Waals surface area contributed by atoms with E-state index >= 15 is 0 Å². The molecule has 1 saturated heterocycles. The first-order valence-electron chi connectivity index (χ1n) is 7.48. The Morgan fingerprint density at radius 1 is 1.23 bits per heavy atom. The Balaban J connectivity index is 1.78. The number of rotatable bonds is 3. The smallest absolute Gasteiger partial charge is 0.225 e. The fourth-order valence-corrected chi connectivity index (χ4v) is 2.60. The van der Waals surface area contributed by atoms with Gasteiger partial charge in [0.25, 0.3) is 0 Å². The first-order valence-corrected chi connectivity index (χ1v) is 7.48. The number of ether oxygens (including phenoxy) is 1. The maximum atomic E-state index is 5.87. The summed E-state index contributed by atoms with van der Waals surface area (Å²) >= 11 is 0. The zero-order valence-corrected chi connectivity index (χ0v) is 13.2. The van der Waals surface area contributed by atoms with Crippen LogP contribution in [0.1, 0.15) is 23.2 Å². The van der Waals surface area contributed by atoms with E-state index < -0.39 is 0 Å². The number of hydrogen-bond acceptors (Lipinski definition) is 6. The Morgan fingerprint density at radius 2 is 2.00 bits per heavy atom. The molecule has 0 amide bonds. The van der Waals surface area contributed by atoms with Crippen molar-refractivity contribution >= 4 is 11.6 Å². The lowest BCUT2D eigenvalue weighted by atomic mass is 10.2. The third-order valence-electron chi connectivity index (χ3n) is 3.72. The molecule has 3 rings (SSSR count). The van der Waals surface area contributed by atoms with E-state index in [2.05, 4.69) is 25.2 Å². The lowest BCUT2D eigenvalue weighted by molar-refractivity contribution is 0.0365. The summed E-state index contributed by atoms with van der Waals surface area (Å²) in [5.74, 6) is 0.776. The van der Waals surface area contributed by atoms with Crippen molar-refractivity contribution in [2.24, 2.45) is 0 Å². The Bertz CT molecular complexity index is 623. The second-order valence-corrected chi connectivity index (χ2v) is 5.48. The molecule has 0 aliphatic carbocycles. The van der Waals surface area contributed by atoms with Crippen LogP contribution in [0.3, 0.4) is 0 Å². The van der Waals surface area contributed by atoms with Crippen LogP contribution in [0, 0.1) is 13.8 Å². The maximum absolute atomic E-state index is 5.87. The van der Waals surface area contributed by atoms with Crippen molar-refractivity contribution in [3.63, 3.8) is 0 Å². The lowest BCUT2D eigenvalue weighted by Gasteiger charge is -2.32. The summed E-state index contributed by atoms with van der Waals surface area (Å²) in [6, 6.07) is 6.00. The van der Waals surface area contributed by atoms with Gasteiger partial charge < -0.3 is 15.0 Å². The fraction of sp³-hybridized carbons (Fsp3) is 0.438. The van der Waals surface area contributed by atoms with Gasteiger partial charge in [-0.25, -0.2) is 9.97 Å². The minimum absolute atomic E-state index is 0.0518. The molecule has 0 radical (unpaired) electrons. The van der Waals surface area contributed by atoms with Gasteiger partial charge in [0, 0.05) is 25.0 Å². The van der Waals surface area contributed by atoms with Crippen LogP contribution in [0.25, 0.3) is 0 Å². The fourth-order valence-electron chi connectivity index (χ4n) is 2.60. The highest BCUT2D eigenvalue weighted by Crippen LogP contribution is 2.24. The standard InChI is InChI=1S/C16H21N5O/c1-11-8-12(2)20-16(19-11)21-6-7-22-15(10-21)14-5-4-13(17-3)9-18-14/h4-5,8-9,15,17H,6-7,10H2,1-3H3. The maximum Gasteiger partial charge on any atom is 0.225 e. The average molecular weight is 299 g/mol. The van der Waals surface area contributed by atoms with Gasteiger partial charge in [-0.3, -0.25) is 4.98 Å². The van der Waals surface area contributed by atoms with Crippen LogP contribution >= 0.6 is 0 Å². The van der Waals surface area contributed by atoms with Crippen LogP contribution in [0.2, 0.25) is 0 Å². The molecule has 0 bridgehead atoms. The van der Waals surface area contributed by atoms with E-state index in [1.54, 1.807) is 0 Å². The number of nitrogens with one attached hydrogen (secondary N) is 1. The molecule has 2 aromatic heterocycles. The number of pyridine rings is 1. The summed E-state index contributed by atoms with van der Waals surface area (Å²) in [5.41, 5.74) is 3.91. The molecule has 6 nitrogen and oxygen atoms in total. The molecule has 6 heteroatoms. The van der Waals surface area contributed by atoms with E-state index in [-0.39, 0.29) is 6.10 Å². The van der Waals surface area contributed by atoms with E-state index in [0.29, 0.717) is 6.61 Å². The van der Waals surface area contributed by atoms with Gasteiger partial charge in [0.1, 0.15) is 6.10 Å². The van der Waals surface area contributed by atoms with Gasteiger partial charge in [-0.1, -0.05) is 0 Å². The van der Waals surface area contributed by atoms with Crippen molar-refractivity contribution in [1.29, 1.82) is 0 Å². The quantitative estimate of drug-likeness (QED) is 0.936. The second-order valence-electron chi connectivity index (χ2n) is 5.48. The highest BCUT2D eigenvalue weighted by Gasteiger charge is 2.24. The van der Waals surface area contributed by atoms with Crippen molar-refractivity contribution in [3.05, 3.63) is 41.5 Å². The summed E-state index contributed by atoms with van der Waals surface area (Å²) < 4.78 is 5.87. The van der Waals surface area contributed by atoms with Gasteiger partial charge >= 0.3 is 0 Å². The van der Waals surface area contributed by atoms with E-state index in [0.717, 1.165) is 41.8 Å². The second kappa shape index (κ2) is 6.27. The first kappa shape index (κ1) is 14.7. The van der Waals surface area contributed by atoms with E-state index in [1.165, 1.54) is 0 Å². The molecule has 1 unspecified atom stereocenters. The van der Waals surface area contributed by atoms with Gasteiger partial charge in [-0.05, 0) is 32.0 Å². The van der Waals surface area contributed by atoms with Gasteiger partial charge in [-0.2, -0.15) is 0 Å². The van der Waals surface area contributed by atoms with E-state index in [1.807, 2.05) is 45.3 Å². The molecule has 0 aromatic carbocycles. The molecule has 0 spiro atoms. The van der Waals surface area contributed by atoms with Gasteiger partial charge in [0.05, 0.1) is 30.7 Å². The van der Waals surface area contributed by atoms with Crippen molar-refractivity contribution in [2.45, 2.75) is 20.0 Å². The molecule has 116 valence electrons. The lowest BCUT2D eigenvalue weighted by Crippen LogP contribution is -2.39. The Morgan fingerprint density at radius 3 is 2.64 bits per heavy atom. The number of aromatic nitrogens is 3. The van der Waals surface area contributed by atoms with Crippen LogP contribution in [-0.2, 0) is 4.74 Å². The summed E-state index contributed by atoms with van der Waals surface area (Å²) in [6.45, 7) is 6.15. The molecule has 1 aliphatic rings. The zero-order chi connectivity index (χ0) is 15.5. The molecule has 22 heavy (non-hydrogen) atoms. The van der Waals surface area contributed by atoms with E-state index in [4.69, 9.17) is 4.74 Å². The zero-order valence-electron chi connectivity index (χ0n) is 13.2. The minimum atomic E-state index is -0.0518. The SMILES string of the molecule is CNc1ccc(C2CN(c3nc(C)cc(C)n3)CCO2)nc1. The van der Waals surface area contributed by atoms with Crippen molar-refractivity contribution in [2.75, 3.05) is 37.0 Å². The third-order valence-corrected chi connectivity index (χ3v) is 3.72. The minimum Gasteiger partial charge on any atom is -0.387 e. The molecule has 3 heterocycles. The Hall–Kier alpha value is -2.21.